The molecule has 0 aromatic rings. The van der Waals surface area contributed by atoms with Crippen molar-refractivity contribution in [1.82, 2.24) is 4.00 Å². The van der Waals surface area contributed by atoms with Crippen LogP contribution in [0.3, 0.4) is 0 Å². The van der Waals surface area contributed by atoms with Gasteiger partial charge in [0, 0.05) is 12.5 Å². The van der Waals surface area contributed by atoms with E-state index in [2.05, 4.69) is 108 Å². The predicted octanol–water partition coefficient (Wildman–Crippen LogP) is 7.93. The molecule has 1 aliphatic heterocycles. The summed E-state index contributed by atoms with van der Waals surface area (Å²) in [7, 11) is -8.66. The van der Waals surface area contributed by atoms with Gasteiger partial charge in [-0.3, -0.25) is 0 Å². The molecule has 0 spiro atoms. The van der Waals surface area contributed by atoms with Crippen molar-refractivity contribution in [2.75, 3.05) is 0 Å². The molecule has 0 saturated heterocycles. The van der Waals surface area contributed by atoms with Crippen LogP contribution in [-0.2, 0) is 0 Å². The predicted molar refractivity (Wildman–Crippen MR) is 140 cm³/mol. The summed E-state index contributed by atoms with van der Waals surface area (Å²) < 4.78 is 9.07. The van der Waals surface area contributed by atoms with E-state index in [9.17, 15) is 0 Å². The van der Waals surface area contributed by atoms with Gasteiger partial charge in [-0.05, 0) is 5.82 Å². The maximum Gasteiger partial charge on any atom is 0.172 e. The first-order valence-corrected chi connectivity index (χ1v) is 29.5. The maximum absolute atomic E-state index is 5.92. The third kappa shape index (κ3) is 5.33. The van der Waals surface area contributed by atoms with Crippen LogP contribution in [-0.4, -0.2) is 50.1 Å². The molecule has 2 unspecified atom stereocenters. The van der Waals surface area contributed by atoms with E-state index in [1.165, 1.54) is 0 Å². The van der Waals surface area contributed by atoms with Gasteiger partial charge in [0.05, 0.1) is 16.1 Å². The first-order valence-electron chi connectivity index (χ1n) is 10.2. The van der Waals surface area contributed by atoms with Gasteiger partial charge in [0.2, 0.25) is 0 Å². The Labute approximate surface area is 170 Å². The fraction of sp³-hybridized carbons (Fsp3) is 0.889. The van der Waals surface area contributed by atoms with Crippen LogP contribution >= 0.6 is 7.21 Å². The van der Waals surface area contributed by atoms with E-state index in [1.807, 2.05) is 5.20 Å². The molecule has 26 heavy (non-hydrogen) atoms. The molecule has 1 heterocycles. The second kappa shape index (κ2) is 7.06. The quantitative estimate of drug-likeness (QED) is 0.289. The van der Waals surface area contributed by atoms with Gasteiger partial charge in [-0.2, -0.15) is 0 Å². The zero-order valence-corrected chi connectivity index (χ0v) is 26.4. The molecule has 0 radical (unpaired) electrons. The van der Waals surface area contributed by atoms with E-state index in [0.717, 1.165) is 5.28 Å². The molecule has 1 rings (SSSR count). The van der Waals surface area contributed by atoms with Crippen molar-refractivity contribution in [1.29, 1.82) is 0 Å². The summed E-state index contributed by atoms with van der Waals surface area (Å²) in [5.74, 6) is 2.82. The van der Waals surface area contributed by atoms with E-state index < -0.39 is 48.1 Å². The lowest BCUT2D eigenvalue weighted by Crippen LogP contribution is -2.63. The van der Waals surface area contributed by atoms with Gasteiger partial charge in [-0.15, -0.1) is 0 Å². The molecule has 0 N–H and O–H groups in total. The van der Waals surface area contributed by atoms with Gasteiger partial charge in [0.15, 0.2) is 8.24 Å². The lowest BCUT2D eigenvalue weighted by molar-refractivity contribution is 0.938. The van der Waals surface area contributed by atoms with Crippen molar-refractivity contribution in [2.45, 2.75) is 103 Å². The Morgan fingerprint density at radius 2 is 1.12 bits per heavy atom. The molecular formula is C18H47N2PSi5. The Balaban J connectivity index is 3.99. The molecule has 0 aromatic heterocycles. The summed E-state index contributed by atoms with van der Waals surface area (Å²) >= 11 is 0. The molecular weight excluding hydrogens is 416 g/mol. The largest absolute Gasteiger partial charge is 0.322 e. The number of nitrogens with zero attached hydrogens (tertiary/aromatic N) is 2. The van der Waals surface area contributed by atoms with E-state index in [4.69, 9.17) is 4.41 Å². The van der Waals surface area contributed by atoms with Gasteiger partial charge in [-0.25, -0.2) is 0 Å². The summed E-state index contributed by atoms with van der Waals surface area (Å²) in [6.07, 6.45) is 0. The molecule has 154 valence electrons. The average Bonchev–Trinajstić information content (AvgIpc) is 2.14. The summed E-state index contributed by atoms with van der Waals surface area (Å²) in [4.78, 5) is 0. The van der Waals surface area contributed by atoms with Crippen molar-refractivity contribution < 1.29 is 0 Å². The molecule has 0 amide bonds. The highest BCUT2D eigenvalue weighted by molar-refractivity contribution is 7.77. The minimum absolute atomic E-state index is 0.812. The zero-order chi connectivity index (χ0) is 21.1. The van der Waals surface area contributed by atoms with Crippen LogP contribution in [0, 0.1) is 0 Å². The van der Waals surface area contributed by atoms with E-state index in [-0.39, 0.29) is 0 Å². The van der Waals surface area contributed by atoms with Crippen LogP contribution in [0.2, 0.25) is 98.2 Å². The third-order valence-electron chi connectivity index (χ3n) is 4.74. The van der Waals surface area contributed by atoms with Crippen LogP contribution in [0.4, 0.5) is 0 Å². The fourth-order valence-corrected chi connectivity index (χ4v) is 43.4. The zero-order valence-electron chi connectivity index (χ0n) is 20.5. The van der Waals surface area contributed by atoms with Gasteiger partial charge < -0.3 is 8.41 Å². The van der Waals surface area contributed by atoms with Gasteiger partial charge in [0.1, 0.15) is 16.5 Å². The Bertz CT molecular complexity index is 608. The number of hydrogen-bond donors (Lipinski definition) is 0. The summed E-state index contributed by atoms with van der Waals surface area (Å²) in [6.45, 7) is 38.4. The molecule has 0 aliphatic carbocycles. The van der Waals surface area contributed by atoms with Crippen molar-refractivity contribution >= 4 is 48.1 Å². The number of rotatable bonds is 6. The van der Waals surface area contributed by atoms with Crippen LogP contribution < -0.4 is 0 Å². The SMILES string of the molecule is C[Si](C)(C)N=P1(N([Si](C)(C)C)[Si](C)(C)C)C=C([Si](C)(C)C)C1[Si](C)(C)C. The van der Waals surface area contributed by atoms with Crippen LogP contribution in [0.1, 0.15) is 0 Å². The van der Waals surface area contributed by atoms with E-state index in [0.29, 0.717) is 0 Å². The van der Waals surface area contributed by atoms with Crippen molar-refractivity contribution in [3.63, 3.8) is 0 Å². The minimum atomic E-state index is -1.55. The number of allylic oxidation sites excluding steroid dienone is 1. The Kier molecular flexibility index (Phi) is 6.80. The fourth-order valence-electron chi connectivity index (χ4n) is 4.87. The average molecular weight is 463 g/mol. The molecule has 2 nitrogen and oxygen atoms in total. The van der Waals surface area contributed by atoms with Crippen LogP contribution in [0.25, 0.3) is 0 Å². The first kappa shape index (κ1) is 25.1. The highest BCUT2D eigenvalue weighted by atomic mass is 31.2. The second-order valence-corrected chi connectivity index (χ2v) is 42.6. The topological polar surface area (TPSA) is 15.6 Å². The van der Waals surface area contributed by atoms with Gasteiger partial charge in [0.25, 0.3) is 0 Å². The monoisotopic (exact) mass is 462 g/mol. The molecule has 0 bridgehead atoms. The molecule has 0 aromatic carbocycles. The standard InChI is InChI=1S/C18H47N2PSi5/c1-22(2,3)17-16-21(19-24(7,8)9,18(17)23(4,5)6)20(25(10,11)12)26(13,14)15/h16,18H,1-15H3. The molecule has 0 fully saturated rings. The minimum Gasteiger partial charge on any atom is -0.322 e. The lowest BCUT2D eigenvalue weighted by Gasteiger charge is -2.62. The molecule has 0 saturated carbocycles. The Hall–Kier alpha value is 1.01. The van der Waals surface area contributed by atoms with Crippen LogP contribution in [0.15, 0.2) is 15.4 Å². The van der Waals surface area contributed by atoms with Crippen molar-refractivity contribution in [2.24, 2.45) is 4.41 Å². The van der Waals surface area contributed by atoms with E-state index in [1.54, 1.807) is 0 Å². The smallest absolute Gasteiger partial charge is 0.172 e. The summed E-state index contributed by atoms with van der Waals surface area (Å²) in [5.41, 5.74) is 0. The van der Waals surface area contributed by atoms with Crippen LogP contribution in [0.5, 0.6) is 0 Å². The summed E-state index contributed by atoms with van der Waals surface area (Å²) in [6, 6.07) is 0. The number of hydrogen-bond acceptors (Lipinski definition) is 1. The lowest BCUT2D eigenvalue weighted by atomic mass is 10.7. The summed E-state index contributed by atoms with van der Waals surface area (Å²) in [5, 5.41) is 2.68. The van der Waals surface area contributed by atoms with Gasteiger partial charge >= 0.3 is 0 Å². The normalized spacial score (nSPS) is 25.8. The third-order valence-corrected chi connectivity index (χ3v) is 31.2. The second-order valence-electron chi connectivity index (χ2n) is 13.2. The Morgan fingerprint density at radius 3 is 1.35 bits per heavy atom. The maximum atomic E-state index is 5.92. The first-order chi connectivity index (χ1) is 11.0. The van der Waals surface area contributed by atoms with E-state index >= 15 is 0 Å². The Morgan fingerprint density at radius 1 is 0.731 bits per heavy atom. The van der Waals surface area contributed by atoms with Crippen molar-refractivity contribution in [3.8, 4) is 0 Å². The molecule has 1 aliphatic rings. The van der Waals surface area contributed by atoms with Crippen molar-refractivity contribution in [3.05, 3.63) is 11.0 Å². The highest BCUT2D eigenvalue weighted by Gasteiger charge is 2.58. The van der Waals surface area contributed by atoms with Gasteiger partial charge in [-0.1, -0.05) is 103 Å². The molecule has 2 atom stereocenters. The highest BCUT2D eigenvalue weighted by Crippen LogP contribution is 2.74. The molecule has 8 heteroatoms.